The number of hydrogen-bond donors (Lipinski definition) is 6. The van der Waals surface area contributed by atoms with E-state index >= 15 is 0 Å². The Hall–Kier alpha value is -5.87. The van der Waals surface area contributed by atoms with Crippen molar-refractivity contribution in [2.24, 2.45) is 47.2 Å². The van der Waals surface area contributed by atoms with Crippen molar-refractivity contribution < 1.29 is 57.8 Å². The predicted octanol–water partition coefficient (Wildman–Crippen LogP) is 1.97. The first-order chi connectivity index (χ1) is 36.7. The standard InChI is InChI=1S/C57H105N11O12/c1-31(2)23-40(55(78)63(17)29-47(71)64(18)42(25-33(5)6)51(74)62-48(37(13)14)57(80)65(19)41(49(58)72)24-32(3)4)61-52(75)45(30-69)68(22)54(77)39(16)60-50(73)43(26-34(7)8)66(20)56(79)44(27-35(9)10)67(21)53(76)38(15)59-46(70)28-36(11)12/h31-45,48,69H,23-30H2,1-22H3,(H2,58,72)(H,59,70)(H,60,73)(H,61,75)(H,62,74)/t38?,39-,40-,41-,42?,43-,44-,45-,48-/m0/s1. The lowest BCUT2D eigenvalue weighted by atomic mass is 9.97. The first-order valence-electron chi connectivity index (χ1n) is 28.4. The number of likely N-dealkylation sites (N-methyl/N-ethyl adjacent to an activating group) is 6. The maximum atomic E-state index is 14.4. The quantitative estimate of drug-likeness (QED) is 0.0539. The number of primary amides is 1. The molecule has 460 valence electrons. The largest absolute Gasteiger partial charge is 0.394 e. The third-order valence-electron chi connectivity index (χ3n) is 14.0. The van der Waals surface area contributed by atoms with E-state index < -0.39 is 133 Å². The highest BCUT2D eigenvalue weighted by Gasteiger charge is 2.41. The van der Waals surface area contributed by atoms with Gasteiger partial charge in [-0.15, -0.1) is 0 Å². The summed E-state index contributed by atoms with van der Waals surface area (Å²) in [5, 5.41) is 21.4. The van der Waals surface area contributed by atoms with Gasteiger partial charge in [-0.25, -0.2) is 0 Å². The zero-order valence-corrected chi connectivity index (χ0v) is 52.6. The van der Waals surface area contributed by atoms with Gasteiger partial charge in [-0.2, -0.15) is 0 Å². The van der Waals surface area contributed by atoms with Gasteiger partial charge in [-0.05, 0) is 87.4 Å². The van der Waals surface area contributed by atoms with E-state index in [9.17, 15) is 57.8 Å². The Morgan fingerprint density at radius 1 is 0.400 bits per heavy atom. The predicted molar refractivity (Wildman–Crippen MR) is 307 cm³/mol. The number of carbonyl (C=O) groups excluding carboxylic acids is 11. The number of nitrogens with two attached hydrogens (primary N) is 1. The number of nitrogens with zero attached hydrogens (tertiary/aromatic N) is 6. The van der Waals surface area contributed by atoms with Gasteiger partial charge in [0.15, 0.2) is 0 Å². The van der Waals surface area contributed by atoms with Crippen LogP contribution in [0.5, 0.6) is 0 Å². The van der Waals surface area contributed by atoms with Crippen LogP contribution in [0.2, 0.25) is 0 Å². The van der Waals surface area contributed by atoms with Crippen LogP contribution in [0.3, 0.4) is 0 Å². The molecule has 0 aromatic carbocycles. The molecule has 0 saturated carbocycles. The molecule has 0 fully saturated rings. The number of rotatable bonds is 34. The van der Waals surface area contributed by atoms with Crippen LogP contribution in [0.4, 0.5) is 0 Å². The van der Waals surface area contributed by atoms with Crippen molar-refractivity contribution >= 4 is 65.0 Å². The summed E-state index contributed by atoms with van der Waals surface area (Å²) in [6.45, 7) is 27.4. The molecule has 0 radical (unpaired) electrons. The second-order valence-electron chi connectivity index (χ2n) is 24.7. The van der Waals surface area contributed by atoms with Crippen molar-refractivity contribution in [3.63, 3.8) is 0 Å². The minimum atomic E-state index is -1.55. The number of nitrogens with one attached hydrogen (secondary N) is 4. The molecule has 2 unspecified atom stereocenters. The van der Waals surface area contributed by atoms with Gasteiger partial charge >= 0.3 is 0 Å². The Labute approximate surface area is 478 Å². The maximum absolute atomic E-state index is 14.4. The van der Waals surface area contributed by atoms with Crippen molar-refractivity contribution in [1.29, 1.82) is 0 Å². The topological polar surface area (TPSA) is 302 Å². The van der Waals surface area contributed by atoms with Crippen molar-refractivity contribution in [3.05, 3.63) is 0 Å². The van der Waals surface area contributed by atoms with E-state index in [-0.39, 0.29) is 73.5 Å². The number of amides is 11. The molecule has 0 rings (SSSR count). The molecule has 11 amide bonds. The van der Waals surface area contributed by atoms with Crippen LogP contribution in [-0.4, -0.2) is 209 Å². The molecule has 23 nitrogen and oxygen atoms in total. The third kappa shape index (κ3) is 23.7. The molecule has 0 aliphatic heterocycles. The third-order valence-corrected chi connectivity index (χ3v) is 14.0. The summed E-state index contributed by atoms with van der Waals surface area (Å²) < 4.78 is 0. The molecule has 0 aromatic heterocycles. The Balaban J connectivity index is 6.48. The Morgan fingerprint density at radius 2 is 0.775 bits per heavy atom. The molecular formula is C57H105N11O12. The lowest BCUT2D eigenvalue weighted by molar-refractivity contribution is -0.150. The lowest BCUT2D eigenvalue weighted by Gasteiger charge is -2.37. The van der Waals surface area contributed by atoms with Crippen LogP contribution >= 0.6 is 0 Å². The minimum absolute atomic E-state index is 0.0420. The Morgan fingerprint density at radius 3 is 1.20 bits per heavy atom. The van der Waals surface area contributed by atoms with Crippen LogP contribution in [0.15, 0.2) is 0 Å². The van der Waals surface area contributed by atoms with Gasteiger partial charge in [0.25, 0.3) is 0 Å². The molecule has 0 spiro atoms. The monoisotopic (exact) mass is 1140 g/mol. The summed E-state index contributed by atoms with van der Waals surface area (Å²) >= 11 is 0. The van der Waals surface area contributed by atoms with E-state index in [0.29, 0.717) is 6.42 Å². The Bertz CT molecular complexity index is 2100. The summed E-state index contributed by atoms with van der Waals surface area (Å²) in [5.41, 5.74) is 5.67. The van der Waals surface area contributed by atoms with Crippen molar-refractivity contribution in [2.45, 2.75) is 204 Å². The number of carbonyl (C=O) groups is 11. The van der Waals surface area contributed by atoms with E-state index in [1.54, 1.807) is 20.8 Å². The average Bonchev–Trinajstić information content (AvgIpc) is 3.34. The fourth-order valence-corrected chi connectivity index (χ4v) is 9.28. The molecule has 0 bridgehead atoms. The molecule has 0 heterocycles. The van der Waals surface area contributed by atoms with Crippen LogP contribution in [-0.2, 0) is 52.7 Å². The summed E-state index contributed by atoms with van der Waals surface area (Å²) in [4.78, 5) is 158. The molecule has 7 N–H and O–H groups in total. The number of hydrogen-bond acceptors (Lipinski definition) is 12. The van der Waals surface area contributed by atoms with E-state index in [2.05, 4.69) is 21.3 Å². The highest BCUT2D eigenvalue weighted by atomic mass is 16.3. The molecule has 80 heavy (non-hydrogen) atoms. The second kappa shape index (κ2) is 34.4. The minimum Gasteiger partial charge on any atom is -0.394 e. The van der Waals surface area contributed by atoms with Crippen LogP contribution in [0.25, 0.3) is 0 Å². The first kappa shape index (κ1) is 74.1. The van der Waals surface area contributed by atoms with Crippen molar-refractivity contribution in [1.82, 2.24) is 50.7 Å². The molecule has 0 aromatic rings. The fraction of sp³-hybridized carbons (Fsp3) is 0.807. The summed E-state index contributed by atoms with van der Waals surface area (Å²) in [6, 6.07) is -10.2. The average molecular weight is 1140 g/mol. The maximum Gasteiger partial charge on any atom is 0.245 e. The van der Waals surface area contributed by atoms with Crippen LogP contribution < -0.4 is 27.0 Å². The lowest BCUT2D eigenvalue weighted by Crippen LogP contribution is -2.60. The number of aliphatic hydroxyl groups excluding tert-OH is 1. The number of aliphatic hydroxyl groups is 1. The van der Waals surface area contributed by atoms with Crippen molar-refractivity contribution in [2.75, 3.05) is 55.4 Å². The summed E-state index contributed by atoms with van der Waals surface area (Å²) in [6.07, 6.45) is 1.24. The van der Waals surface area contributed by atoms with E-state index in [0.717, 1.165) is 9.80 Å². The van der Waals surface area contributed by atoms with Gasteiger partial charge in [-0.3, -0.25) is 52.7 Å². The zero-order valence-electron chi connectivity index (χ0n) is 52.6. The van der Waals surface area contributed by atoms with Crippen LogP contribution in [0, 0.1) is 41.4 Å². The van der Waals surface area contributed by atoms with E-state index in [1.807, 2.05) is 83.1 Å². The first-order valence-corrected chi connectivity index (χ1v) is 28.4. The second-order valence-corrected chi connectivity index (χ2v) is 24.7. The van der Waals surface area contributed by atoms with Gasteiger partial charge in [0.1, 0.15) is 54.4 Å². The summed E-state index contributed by atoms with van der Waals surface area (Å²) in [5.74, 6) is -7.53. The zero-order chi connectivity index (χ0) is 62.5. The van der Waals surface area contributed by atoms with Gasteiger partial charge < -0.3 is 61.5 Å². The van der Waals surface area contributed by atoms with E-state index in [1.165, 1.54) is 68.8 Å². The molecule has 0 aliphatic carbocycles. The molecule has 0 aliphatic rings. The van der Waals surface area contributed by atoms with Gasteiger partial charge in [-0.1, -0.05) is 96.9 Å². The summed E-state index contributed by atoms with van der Waals surface area (Å²) in [7, 11) is 8.44. The Kier molecular flexibility index (Phi) is 31.9. The highest BCUT2D eigenvalue weighted by Crippen LogP contribution is 2.21. The smallest absolute Gasteiger partial charge is 0.245 e. The molecule has 0 saturated heterocycles. The highest BCUT2D eigenvalue weighted by molar-refractivity contribution is 5.98. The van der Waals surface area contributed by atoms with Crippen molar-refractivity contribution in [3.8, 4) is 0 Å². The molecule has 23 heteroatoms. The molecule has 9 atom stereocenters. The SMILES string of the molecule is CC(C)CC(=O)NC(C)C(=O)N(C)[C@@H](CC(C)C)C(=O)N(C)[C@@H](CC(C)C)C(=O)N[C@@H](C)C(=O)N(C)[C@@H](CO)C(=O)N[C@@H](CC(C)C)C(=O)N(C)CC(=O)N(C)C(CC(C)C)C(=O)N[C@H](C(=O)N(C)[C@@H](CC(C)C)C(N)=O)C(C)C. The molecular weight excluding hydrogens is 1030 g/mol. The van der Waals surface area contributed by atoms with Gasteiger partial charge in [0.2, 0.25) is 65.0 Å². The van der Waals surface area contributed by atoms with Gasteiger partial charge in [0, 0.05) is 48.7 Å². The fourth-order valence-electron chi connectivity index (χ4n) is 9.28. The normalized spacial score (nSPS) is 15.0. The van der Waals surface area contributed by atoms with Crippen LogP contribution in [0.1, 0.15) is 149 Å². The van der Waals surface area contributed by atoms with Gasteiger partial charge in [0.05, 0.1) is 13.2 Å². The van der Waals surface area contributed by atoms with E-state index in [4.69, 9.17) is 5.73 Å².